The van der Waals surface area contributed by atoms with Crippen LogP contribution in [-0.4, -0.2) is 70.4 Å². The molecule has 1 saturated heterocycles. The molecule has 0 bridgehead atoms. The molecular formula is C24H28F3NO7S. The Kier molecular flexibility index (Phi) is 8.85. The van der Waals surface area contributed by atoms with Gasteiger partial charge < -0.3 is 23.8 Å². The Morgan fingerprint density at radius 1 is 0.972 bits per heavy atom. The number of hydrogen-bond acceptors (Lipinski definition) is 8. The topological polar surface area (TPSA) is 91.4 Å². The van der Waals surface area contributed by atoms with Crippen LogP contribution in [0.25, 0.3) is 0 Å². The maximum Gasteiger partial charge on any atom is 0.573 e. The third-order valence-electron chi connectivity index (χ3n) is 5.86. The minimum atomic E-state index is -4.80. The van der Waals surface area contributed by atoms with Crippen LogP contribution in [-0.2, 0) is 24.1 Å². The number of halogens is 3. The van der Waals surface area contributed by atoms with E-state index in [4.69, 9.17) is 14.2 Å². The van der Waals surface area contributed by atoms with Gasteiger partial charge in [0, 0.05) is 26.7 Å². The van der Waals surface area contributed by atoms with Crippen LogP contribution in [0, 0.1) is 0 Å². The van der Waals surface area contributed by atoms with Crippen molar-refractivity contribution in [2.24, 2.45) is 0 Å². The zero-order valence-electron chi connectivity index (χ0n) is 19.9. The number of rotatable bonds is 10. The van der Waals surface area contributed by atoms with Gasteiger partial charge in [-0.3, -0.25) is 4.79 Å². The first-order chi connectivity index (χ1) is 17.0. The van der Waals surface area contributed by atoms with Gasteiger partial charge in [-0.25, -0.2) is 8.42 Å². The number of methoxy groups -OCH3 is 1. The van der Waals surface area contributed by atoms with Crippen molar-refractivity contribution in [3.63, 3.8) is 0 Å². The van der Waals surface area contributed by atoms with Gasteiger partial charge in [-0.05, 0) is 68.3 Å². The van der Waals surface area contributed by atoms with Gasteiger partial charge in [0.2, 0.25) is 0 Å². The van der Waals surface area contributed by atoms with Gasteiger partial charge >= 0.3 is 12.3 Å². The summed E-state index contributed by atoms with van der Waals surface area (Å²) in [5.74, 6) is -0.670. The van der Waals surface area contributed by atoms with E-state index >= 15 is 0 Å². The van der Waals surface area contributed by atoms with Crippen LogP contribution < -0.4 is 9.47 Å². The fourth-order valence-corrected chi connectivity index (χ4v) is 5.91. The molecule has 0 amide bonds. The number of hydrogen-bond donors (Lipinski definition) is 0. The van der Waals surface area contributed by atoms with Gasteiger partial charge in [-0.15, -0.1) is 13.2 Å². The first-order valence-corrected chi connectivity index (χ1v) is 12.8. The Bertz CT molecular complexity index is 1110. The number of esters is 1. The van der Waals surface area contributed by atoms with Crippen LogP contribution in [0.2, 0.25) is 0 Å². The quantitative estimate of drug-likeness (QED) is 0.422. The molecule has 1 aliphatic rings. The molecule has 8 nitrogen and oxygen atoms in total. The van der Waals surface area contributed by atoms with Gasteiger partial charge in [-0.1, -0.05) is 0 Å². The number of carbonyl (C=O) groups is 1. The SMILES string of the molecule is CCOC(=O)C1(S(=O)(=O)c2ccc(Oc3ccc(OC(F)(F)F)cc3)cc2)CCN(CCOC)CC1. The third kappa shape index (κ3) is 6.48. The number of nitrogens with zero attached hydrogens (tertiary/aromatic N) is 1. The van der Waals surface area contributed by atoms with Crippen molar-refractivity contribution in [3.8, 4) is 17.2 Å². The standard InChI is InChI=1S/C24H28F3NO7S/c1-3-33-22(29)23(12-14-28(15-13-23)16-17-32-2)36(30,31)21-10-8-19(9-11-21)34-18-4-6-20(7-5-18)35-24(25,26)27/h4-11H,3,12-17H2,1-2H3. The van der Waals surface area contributed by atoms with Crippen molar-refractivity contribution in [1.29, 1.82) is 0 Å². The lowest BCUT2D eigenvalue weighted by Crippen LogP contribution is -2.55. The molecule has 2 aromatic carbocycles. The number of carbonyl (C=O) groups excluding carboxylic acids is 1. The molecule has 2 aromatic rings. The van der Waals surface area contributed by atoms with E-state index in [1.807, 2.05) is 4.90 Å². The average molecular weight is 532 g/mol. The highest BCUT2D eigenvalue weighted by molar-refractivity contribution is 7.93. The number of ether oxygens (including phenoxy) is 4. The number of likely N-dealkylation sites (tertiary alicyclic amines) is 1. The van der Waals surface area contributed by atoms with E-state index in [-0.39, 0.29) is 35.8 Å². The van der Waals surface area contributed by atoms with Crippen molar-refractivity contribution in [2.45, 2.75) is 35.8 Å². The summed E-state index contributed by atoms with van der Waals surface area (Å²) in [5, 5.41) is 0. The summed E-state index contributed by atoms with van der Waals surface area (Å²) in [6.07, 6.45) is -4.63. The molecule has 12 heteroatoms. The molecule has 0 radical (unpaired) electrons. The molecule has 1 fully saturated rings. The number of benzene rings is 2. The molecule has 0 aromatic heterocycles. The molecule has 0 atom stereocenters. The van der Waals surface area contributed by atoms with Crippen molar-refractivity contribution < 1.29 is 45.3 Å². The molecule has 3 rings (SSSR count). The Morgan fingerprint density at radius 3 is 2.00 bits per heavy atom. The normalized spacial score (nSPS) is 16.4. The van der Waals surface area contributed by atoms with E-state index in [2.05, 4.69) is 4.74 Å². The Morgan fingerprint density at radius 2 is 1.50 bits per heavy atom. The largest absolute Gasteiger partial charge is 0.573 e. The first-order valence-electron chi connectivity index (χ1n) is 11.3. The summed E-state index contributed by atoms with van der Waals surface area (Å²) < 4.78 is 82.3. The number of alkyl halides is 3. The van der Waals surface area contributed by atoms with E-state index in [1.54, 1.807) is 14.0 Å². The summed E-state index contributed by atoms with van der Waals surface area (Å²) in [7, 11) is -2.53. The van der Waals surface area contributed by atoms with Crippen molar-refractivity contribution in [3.05, 3.63) is 48.5 Å². The molecule has 1 heterocycles. The highest BCUT2D eigenvalue weighted by Gasteiger charge is 2.54. The van der Waals surface area contributed by atoms with E-state index in [0.29, 0.717) is 26.2 Å². The van der Waals surface area contributed by atoms with Crippen LogP contribution >= 0.6 is 0 Å². The summed E-state index contributed by atoms with van der Waals surface area (Å²) in [4.78, 5) is 14.9. The molecule has 1 aliphatic heterocycles. The van der Waals surface area contributed by atoms with Crippen LogP contribution in [0.3, 0.4) is 0 Å². The lowest BCUT2D eigenvalue weighted by molar-refractivity contribution is -0.274. The zero-order chi connectivity index (χ0) is 26.4. The molecule has 198 valence electrons. The number of piperidine rings is 1. The van der Waals surface area contributed by atoms with E-state index in [1.165, 1.54) is 36.4 Å². The zero-order valence-corrected chi connectivity index (χ0v) is 20.7. The Hall–Kier alpha value is -2.83. The van der Waals surface area contributed by atoms with Gasteiger partial charge in [0.25, 0.3) is 0 Å². The van der Waals surface area contributed by atoms with Crippen LogP contribution in [0.4, 0.5) is 13.2 Å². The summed E-state index contributed by atoms with van der Waals surface area (Å²) in [6.45, 7) is 3.61. The van der Waals surface area contributed by atoms with Crippen LogP contribution in [0.1, 0.15) is 19.8 Å². The summed E-state index contributed by atoms with van der Waals surface area (Å²) in [6, 6.07) is 10.3. The molecule has 0 saturated carbocycles. The smallest absolute Gasteiger partial charge is 0.465 e. The van der Waals surface area contributed by atoms with E-state index in [9.17, 15) is 26.4 Å². The highest BCUT2D eigenvalue weighted by Crippen LogP contribution is 2.38. The Labute approximate surface area is 207 Å². The predicted molar refractivity (Wildman–Crippen MR) is 124 cm³/mol. The van der Waals surface area contributed by atoms with Crippen molar-refractivity contribution in [1.82, 2.24) is 4.90 Å². The maximum atomic E-state index is 13.7. The van der Waals surface area contributed by atoms with E-state index < -0.39 is 32.7 Å². The molecule has 0 N–H and O–H groups in total. The van der Waals surface area contributed by atoms with Crippen LogP contribution in [0.15, 0.2) is 53.4 Å². The second-order valence-electron chi connectivity index (χ2n) is 8.15. The summed E-state index contributed by atoms with van der Waals surface area (Å²) >= 11 is 0. The van der Waals surface area contributed by atoms with Gasteiger partial charge in [-0.2, -0.15) is 0 Å². The maximum absolute atomic E-state index is 13.7. The summed E-state index contributed by atoms with van der Waals surface area (Å²) in [5.41, 5.74) is 0. The molecule has 0 aliphatic carbocycles. The molecule has 0 spiro atoms. The minimum Gasteiger partial charge on any atom is -0.465 e. The van der Waals surface area contributed by atoms with Crippen molar-refractivity contribution in [2.75, 3.05) is 40.0 Å². The fourth-order valence-electron chi connectivity index (χ4n) is 3.96. The van der Waals surface area contributed by atoms with Gasteiger partial charge in [0.1, 0.15) is 17.2 Å². The minimum absolute atomic E-state index is 0.0535. The second kappa shape index (κ2) is 11.5. The molecule has 36 heavy (non-hydrogen) atoms. The molecular weight excluding hydrogens is 503 g/mol. The van der Waals surface area contributed by atoms with Crippen molar-refractivity contribution >= 4 is 15.8 Å². The monoisotopic (exact) mass is 531 g/mol. The van der Waals surface area contributed by atoms with Gasteiger partial charge in [0.15, 0.2) is 14.6 Å². The number of sulfone groups is 1. The van der Waals surface area contributed by atoms with E-state index in [0.717, 1.165) is 12.1 Å². The molecule has 0 unspecified atom stereocenters. The lowest BCUT2D eigenvalue weighted by atomic mass is 9.95. The third-order valence-corrected chi connectivity index (χ3v) is 8.36. The fraction of sp³-hybridized carbons (Fsp3) is 0.458. The Balaban J connectivity index is 1.77. The first kappa shape index (κ1) is 27.8. The predicted octanol–water partition coefficient (Wildman–Crippen LogP) is 4.20. The lowest BCUT2D eigenvalue weighted by Gasteiger charge is -2.39. The average Bonchev–Trinajstić information content (AvgIpc) is 2.84. The second-order valence-corrected chi connectivity index (χ2v) is 10.4. The van der Waals surface area contributed by atoms with Crippen LogP contribution in [0.5, 0.6) is 17.2 Å². The van der Waals surface area contributed by atoms with Gasteiger partial charge in [0.05, 0.1) is 18.1 Å². The highest BCUT2D eigenvalue weighted by atomic mass is 32.2.